The number of halogens is 3. The average Bonchev–Trinajstić information content (AvgIpc) is 2.15. The molecule has 0 fully saturated rings. The van der Waals surface area contributed by atoms with Crippen molar-refractivity contribution < 1.29 is 9.90 Å². The van der Waals surface area contributed by atoms with Crippen LogP contribution in [0.5, 0.6) is 0 Å². The van der Waals surface area contributed by atoms with Crippen LogP contribution >= 0.6 is 47.8 Å². The van der Waals surface area contributed by atoms with Gasteiger partial charge in [0.1, 0.15) is 11.6 Å². The molecule has 0 aliphatic rings. The molecule has 0 aromatic heterocycles. The fourth-order valence-electron chi connectivity index (χ4n) is 0.977. The van der Waals surface area contributed by atoms with Crippen LogP contribution in [0.25, 0.3) is 6.08 Å². The minimum atomic E-state index is -1.25. The molecule has 0 aliphatic carbocycles. The van der Waals surface area contributed by atoms with Gasteiger partial charge in [-0.25, -0.2) is 4.79 Å². The molecule has 0 unspecified atom stereocenters. The molecule has 0 saturated carbocycles. The molecule has 1 N–H and O–H groups in total. The summed E-state index contributed by atoms with van der Waals surface area (Å²) in [6, 6.07) is 5.17. The molecular weight excluding hydrogens is 406 g/mol. The van der Waals surface area contributed by atoms with Gasteiger partial charge in [-0.15, -0.1) is 0 Å². The summed E-state index contributed by atoms with van der Waals surface area (Å²) >= 11 is 9.89. The molecule has 0 amide bonds. The second kappa shape index (κ2) is 5.62. The summed E-state index contributed by atoms with van der Waals surface area (Å²) in [4.78, 5) is 10.7. The molecule has 0 heterocycles. The minimum Gasteiger partial charge on any atom is -0.477 e. The average molecular weight is 410 g/mol. The van der Waals surface area contributed by atoms with Crippen LogP contribution in [0.15, 0.2) is 31.1 Å². The Hall–Kier alpha value is -0.640. The molecule has 0 saturated heterocycles. The Morgan fingerprint density at radius 2 is 1.81 bits per heavy atom. The molecule has 6 heteroatoms. The summed E-state index contributed by atoms with van der Waals surface area (Å²) in [5, 5.41) is 17.4. The van der Waals surface area contributed by atoms with Crippen molar-refractivity contribution >= 4 is 59.8 Å². The molecule has 1 rings (SSSR count). The lowest BCUT2D eigenvalue weighted by Gasteiger charge is -2.03. The number of hydrogen-bond donors (Lipinski definition) is 1. The Morgan fingerprint density at radius 3 is 2.19 bits per heavy atom. The smallest absolute Gasteiger partial charge is 0.346 e. The van der Waals surface area contributed by atoms with Gasteiger partial charge in [0, 0.05) is 19.0 Å². The third-order valence-electron chi connectivity index (χ3n) is 1.68. The van der Waals surface area contributed by atoms with E-state index in [1.54, 1.807) is 18.2 Å². The second-order valence-corrected chi connectivity index (χ2v) is 5.38. The fourth-order valence-corrected chi connectivity index (χ4v) is 3.47. The normalized spacial score (nSPS) is 11.0. The zero-order chi connectivity index (χ0) is 12.3. The predicted octanol–water partition coefficient (Wildman–Crippen LogP) is 3.97. The third-order valence-corrected chi connectivity index (χ3v) is 3.45. The van der Waals surface area contributed by atoms with Crippen molar-refractivity contribution in [3.63, 3.8) is 0 Å². The van der Waals surface area contributed by atoms with E-state index in [-0.39, 0.29) is 5.57 Å². The first-order valence-electron chi connectivity index (χ1n) is 3.95. The number of benzene rings is 1. The van der Waals surface area contributed by atoms with Gasteiger partial charge < -0.3 is 5.11 Å². The quantitative estimate of drug-likeness (QED) is 0.594. The van der Waals surface area contributed by atoms with Crippen molar-refractivity contribution in [1.82, 2.24) is 0 Å². The molecule has 82 valence electrons. The van der Waals surface area contributed by atoms with Crippen LogP contribution in [0.4, 0.5) is 0 Å². The van der Waals surface area contributed by atoms with Crippen molar-refractivity contribution in [3.05, 3.63) is 36.7 Å². The summed E-state index contributed by atoms with van der Waals surface area (Å²) in [5.41, 5.74) is 0.297. The molecule has 0 atom stereocenters. The van der Waals surface area contributed by atoms with E-state index < -0.39 is 5.97 Å². The first-order valence-corrected chi connectivity index (χ1v) is 6.33. The van der Waals surface area contributed by atoms with Gasteiger partial charge in [0.05, 0.1) is 0 Å². The zero-order valence-electron chi connectivity index (χ0n) is 7.67. The number of carboxylic acids is 1. The first-order chi connectivity index (χ1) is 7.45. The van der Waals surface area contributed by atoms with E-state index in [0.717, 1.165) is 4.47 Å². The van der Waals surface area contributed by atoms with Gasteiger partial charge in [-0.05, 0) is 18.2 Å². The number of carbonyl (C=O) groups is 1. The standard InChI is InChI=1S/C10H4Br3NO2/c11-6-2-8(12)7(9(13)3-6)1-5(4-14)10(15)16/h1-3H,(H,15,16)/b5-1+. The van der Waals surface area contributed by atoms with Crippen LogP contribution in [0, 0.1) is 11.3 Å². The number of aliphatic carboxylic acids is 1. The van der Waals surface area contributed by atoms with Crippen LogP contribution in [0.3, 0.4) is 0 Å². The lowest BCUT2D eigenvalue weighted by Crippen LogP contribution is -1.97. The second-order valence-electron chi connectivity index (χ2n) is 2.76. The Kier molecular flexibility index (Phi) is 4.71. The van der Waals surface area contributed by atoms with Gasteiger partial charge in [-0.2, -0.15) is 5.26 Å². The van der Waals surface area contributed by atoms with Crippen LogP contribution < -0.4 is 0 Å². The Labute approximate surface area is 117 Å². The number of hydrogen-bond acceptors (Lipinski definition) is 2. The minimum absolute atomic E-state index is 0.316. The van der Waals surface area contributed by atoms with E-state index in [9.17, 15) is 4.79 Å². The van der Waals surface area contributed by atoms with E-state index in [4.69, 9.17) is 10.4 Å². The Morgan fingerprint density at radius 1 is 1.31 bits per heavy atom. The fraction of sp³-hybridized carbons (Fsp3) is 0. The van der Waals surface area contributed by atoms with Crippen LogP contribution in [0.2, 0.25) is 0 Å². The maximum Gasteiger partial charge on any atom is 0.346 e. The molecule has 0 radical (unpaired) electrons. The van der Waals surface area contributed by atoms with Gasteiger partial charge in [-0.1, -0.05) is 47.8 Å². The van der Waals surface area contributed by atoms with Crippen molar-refractivity contribution in [2.75, 3.05) is 0 Å². The number of rotatable bonds is 2. The Bertz CT molecular complexity index is 494. The number of nitrogens with zero attached hydrogens (tertiary/aromatic N) is 1. The molecule has 3 nitrogen and oxygen atoms in total. The monoisotopic (exact) mass is 407 g/mol. The maximum absolute atomic E-state index is 10.7. The summed E-state index contributed by atoms with van der Waals surface area (Å²) in [5.74, 6) is -1.25. The van der Waals surface area contributed by atoms with Crippen molar-refractivity contribution in [2.24, 2.45) is 0 Å². The largest absolute Gasteiger partial charge is 0.477 e. The van der Waals surface area contributed by atoms with E-state index in [1.165, 1.54) is 6.08 Å². The van der Waals surface area contributed by atoms with Gasteiger partial charge >= 0.3 is 5.97 Å². The van der Waals surface area contributed by atoms with E-state index >= 15 is 0 Å². The highest BCUT2D eigenvalue weighted by atomic mass is 79.9. The molecule has 0 aliphatic heterocycles. The van der Waals surface area contributed by atoms with Gasteiger partial charge in [0.15, 0.2) is 0 Å². The SMILES string of the molecule is N#C/C(=C\c1c(Br)cc(Br)cc1Br)C(=O)O. The summed E-state index contributed by atoms with van der Waals surface area (Å²) in [6.07, 6.45) is 1.31. The van der Waals surface area contributed by atoms with Gasteiger partial charge in [0.25, 0.3) is 0 Å². The first kappa shape index (κ1) is 13.4. The molecular formula is C10H4Br3NO2. The maximum atomic E-state index is 10.7. The lowest BCUT2D eigenvalue weighted by molar-refractivity contribution is -0.132. The highest BCUT2D eigenvalue weighted by molar-refractivity contribution is 9.11. The predicted molar refractivity (Wildman–Crippen MR) is 70.8 cm³/mol. The van der Waals surface area contributed by atoms with Gasteiger partial charge in [-0.3, -0.25) is 0 Å². The van der Waals surface area contributed by atoms with Crippen molar-refractivity contribution in [3.8, 4) is 6.07 Å². The van der Waals surface area contributed by atoms with E-state index in [1.807, 2.05) is 0 Å². The van der Waals surface area contributed by atoms with Crippen LogP contribution in [0.1, 0.15) is 5.56 Å². The highest BCUT2D eigenvalue weighted by Crippen LogP contribution is 2.31. The summed E-state index contributed by atoms with van der Waals surface area (Å²) in [7, 11) is 0. The van der Waals surface area contributed by atoms with Crippen LogP contribution in [-0.4, -0.2) is 11.1 Å². The summed E-state index contributed by atoms with van der Waals surface area (Å²) in [6.45, 7) is 0. The zero-order valence-corrected chi connectivity index (χ0v) is 12.4. The van der Waals surface area contributed by atoms with Crippen molar-refractivity contribution in [2.45, 2.75) is 0 Å². The lowest BCUT2D eigenvalue weighted by atomic mass is 10.1. The van der Waals surface area contributed by atoms with E-state index in [2.05, 4.69) is 47.8 Å². The van der Waals surface area contributed by atoms with Crippen molar-refractivity contribution in [1.29, 1.82) is 5.26 Å². The Balaban J connectivity index is 3.36. The van der Waals surface area contributed by atoms with Gasteiger partial charge in [0.2, 0.25) is 0 Å². The third kappa shape index (κ3) is 3.17. The molecule has 0 spiro atoms. The molecule has 1 aromatic rings. The molecule has 1 aromatic carbocycles. The summed E-state index contributed by atoms with van der Waals surface area (Å²) < 4.78 is 2.24. The molecule has 0 bridgehead atoms. The number of carboxylic acid groups (broad SMARTS) is 1. The van der Waals surface area contributed by atoms with Crippen LogP contribution in [-0.2, 0) is 4.79 Å². The molecule has 16 heavy (non-hydrogen) atoms. The topological polar surface area (TPSA) is 61.1 Å². The van der Waals surface area contributed by atoms with E-state index in [0.29, 0.717) is 14.5 Å². The number of nitriles is 1. The highest BCUT2D eigenvalue weighted by Gasteiger charge is 2.10.